The van der Waals surface area contributed by atoms with Crippen molar-refractivity contribution in [3.63, 3.8) is 0 Å². The van der Waals surface area contributed by atoms with Crippen LogP contribution in [0.2, 0.25) is 0 Å². The molecule has 128 valence electrons. The summed E-state index contributed by atoms with van der Waals surface area (Å²) in [5.41, 5.74) is 0.740. The summed E-state index contributed by atoms with van der Waals surface area (Å²) in [5, 5.41) is 8.69. The number of hydrogen-bond acceptors (Lipinski definition) is 6. The fourth-order valence-electron chi connectivity index (χ4n) is 2.16. The average Bonchev–Trinajstić information content (AvgIpc) is 2.82. The fourth-order valence-corrected chi connectivity index (χ4v) is 3.46. The third-order valence-corrected chi connectivity index (χ3v) is 4.75. The van der Waals surface area contributed by atoms with Crippen LogP contribution in [0.4, 0.5) is 0 Å². The summed E-state index contributed by atoms with van der Waals surface area (Å²) in [6.07, 6.45) is 2.08. The van der Waals surface area contributed by atoms with Crippen LogP contribution in [-0.2, 0) is 9.59 Å². The maximum atomic E-state index is 12.5. The lowest BCUT2D eigenvalue weighted by Crippen LogP contribution is -2.29. The van der Waals surface area contributed by atoms with Crippen molar-refractivity contribution >= 4 is 46.3 Å². The van der Waals surface area contributed by atoms with Gasteiger partial charge in [0.1, 0.15) is 15.8 Å². The molecular formula is C16H17NO5S2. The monoisotopic (exact) mass is 367 g/mol. The second-order valence-corrected chi connectivity index (χ2v) is 6.61. The van der Waals surface area contributed by atoms with Gasteiger partial charge >= 0.3 is 5.97 Å². The highest BCUT2D eigenvalue weighted by atomic mass is 32.2. The van der Waals surface area contributed by atoms with Crippen LogP contribution in [0, 0.1) is 0 Å². The average molecular weight is 367 g/mol. The van der Waals surface area contributed by atoms with Gasteiger partial charge in [0, 0.05) is 24.6 Å². The molecule has 8 heteroatoms. The van der Waals surface area contributed by atoms with E-state index in [-0.39, 0.29) is 12.3 Å². The van der Waals surface area contributed by atoms with E-state index in [2.05, 4.69) is 0 Å². The van der Waals surface area contributed by atoms with E-state index in [1.165, 1.54) is 16.7 Å². The van der Waals surface area contributed by atoms with Gasteiger partial charge in [0.2, 0.25) is 0 Å². The molecule has 1 aromatic carbocycles. The van der Waals surface area contributed by atoms with Crippen LogP contribution in [0.15, 0.2) is 23.1 Å². The van der Waals surface area contributed by atoms with E-state index in [1.807, 2.05) is 0 Å². The Hall–Kier alpha value is -2.06. The number of ether oxygens (including phenoxy) is 2. The van der Waals surface area contributed by atoms with Crippen molar-refractivity contribution in [2.24, 2.45) is 0 Å². The van der Waals surface area contributed by atoms with Crippen LogP contribution in [0.5, 0.6) is 11.5 Å². The van der Waals surface area contributed by atoms with E-state index >= 15 is 0 Å². The van der Waals surface area contributed by atoms with Gasteiger partial charge in [-0.1, -0.05) is 24.0 Å². The van der Waals surface area contributed by atoms with E-state index in [4.69, 9.17) is 26.8 Å². The minimum Gasteiger partial charge on any atom is -0.497 e. The first-order valence-electron chi connectivity index (χ1n) is 7.15. The van der Waals surface area contributed by atoms with Crippen molar-refractivity contribution in [3.05, 3.63) is 28.7 Å². The number of carboxylic acids is 1. The second kappa shape index (κ2) is 8.16. The van der Waals surface area contributed by atoms with Gasteiger partial charge in [0.25, 0.3) is 5.91 Å². The molecule has 0 unspecified atom stereocenters. The largest absolute Gasteiger partial charge is 0.497 e. The molecular weight excluding hydrogens is 350 g/mol. The molecule has 1 fully saturated rings. The highest BCUT2D eigenvalue weighted by Gasteiger charge is 2.31. The summed E-state index contributed by atoms with van der Waals surface area (Å²) in [4.78, 5) is 25.0. The smallest absolute Gasteiger partial charge is 0.303 e. The molecule has 1 aliphatic heterocycles. The number of amides is 1. The summed E-state index contributed by atoms with van der Waals surface area (Å²) >= 11 is 6.42. The highest BCUT2D eigenvalue weighted by molar-refractivity contribution is 8.26. The lowest BCUT2D eigenvalue weighted by molar-refractivity contribution is -0.137. The Morgan fingerprint density at radius 2 is 2.12 bits per heavy atom. The Bertz CT molecular complexity index is 702. The van der Waals surface area contributed by atoms with Crippen LogP contribution in [0.3, 0.4) is 0 Å². The minimum atomic E-state index is -0.890. The number of carboxylic acid groups (broad SMARTS) is 1. The van der Waals surface area contributed by atoms with E-state index in [0.29, 0.717) is 33.7 Å². The summed E-state index contributed by atoms with van der Waals surface area (Å²) < 4.78 is 10.9. The van der Waals surface area contributed by atoms with Crippen LogP contribution >= 0.6 is 24.0 Å². The Balaban J connectivity index is 2.18. The molecule has 1 aromatic rings. The third kappa shape index (κ3) is 4.27. The number of aliphatic carboxylic acids is 1. The Morgan fingerprint density at radius 3 is 2.75 bits per heavy atom. The molecule has 1 N–H and O–H groups in total. The molecule has 2 rings (SSSR count). The molecule has 24 heavy (non-hydrogen) atoms. The molecule has 1 heterocycles. The molecule has 0 aromatic heterocycles. The van der Waals surface area contributed by atoms with Crippen molar-refractivity contribution in [1.29, 1.82) is 0 Å². The number of carbonyl (C=O) groups excluding carboxylic acids is 1. The Morgan fingerprint density at radius 1 is 1.38 bits per heavy atom. The molecule has 6 nitrogen and oxygen atoms in total. The predicted octanol–water partition coefficient (Wildman–Crippen LogP) is 2.77. The van der Waals surface area contributed by atoms with Crippen LogP contribution in [0.25, 0.3) is 6.08 Å². The van der Waals surface area contributed by atoms with Gasteiger partial charge in [-0.2, -0.15) is 0 Å². The van der Waals surface area contributed by atoms with Crippen molar-refractivity contribution in [1.82, 2.24) is 4.90 Å². The number of thiocarbonyl (C=S) groups is 1. The first-order chi connectivity index (χ1) is 11.5. The van der Waals surface area contributed by atoms with Gasteiger partial charge in [-0.3, -0.25) is 14.5 Å². The summed E-state index contributed by atoms with van der Waals surface area (Å²) in [6.45, 7) is 0.300. The van der Waals surface area contributed by atoms with Gasteiger partial charge in [0.05, 0.1) is 19.1 Å². The van der Waals surface area contributed by atoms with Gasteiger partial charge in [-0.25, -0.2) is 0 Å². The zero-order chi connectivity index (χ0) is 17.7. The van der Waals surface area contributed by atoms with Gasteiger partial charge < -0.3 is 14.6 Å². The molecule has 0 atom stereocenters. The molecule has 0 spiro atoms. The van der Waals surface area contributed by atoms with Gasteiger partial charge in [-0.15, -0.1) is 0 Å². The maximum absolute atomic E-state index is 12.5. The normalized spacial score (nSPS) is 15.9. The standard InChI is InChI=1S/C16H17NO5S2/c1-21-11-6-5-10(12(9-11)22-2)8-13-15(20)17(16(23)24-13)7-3-4-14(18)19/h5-6,8-9H,3-4,7H2,1-2H3,(H,18,19). The first kappa shape index (κ1) is 18.3. The topological polar surface area (TPSA) is 76.1 Å². The molecule has 1 saturated heterocycles. The SMILES string of the molecule is COc1ccc(C=C2SC(=S)N(CCCC(=O)O)C2=O)c(OC)c1. The maximum Gasteiger partial charge on any atom is 0.303 e. The van der Waals surface area contributed by atoms with Crippen molar-refractivity contribution in [2.45, 2.75) is 12.8 Å². The number of methoxy groups -OCH3 is 2. The third-order valence-electron chi connectivity index (χ3n) is 3.37. The van der Waals surface area contributed by atoms with Crippen LogP contribution in [-0.4, -0.2) is 47.0 Å². The number of thioether (sulfide) groups is 1. The number of hydrogen-bond donors (Lipinski definition) is 1. The van der Waals surface area contributed by atoms with E-state index in [1.54, 1.807) is 38.5 Å². The van der Waals surface area contributed by atoms with Crippen molar-refractivity contribution in [2.75, 3.05) is 20.8 Å². The first-order valence-corrected chi connectivity index (χ1v) is 8.38. The summed E-state index contributed by atoms with van der Waals surface area (Å²) in [5.74, 6) is 0.142. The number of nitrogens with zero attached hydrogens (tertiary/aromatic N) is 1. The number of rotatable bonds is 7. The zero-order valence-electron chi connectivity index (χ0n) is 13.3. The molecule has 1 amide bonds. The Kier molecular flexibility index (Phi) is 6.22. The van der Waals surface area contributed by atoms with Crippen molar-refractivity contribution < 1.29 is 24.2 Å². The molecule has 0 aliphatic carbocycles. The highest BCUT2D eigenvalue weighted by Crippen LogP contribution is 2.35. The fraction of sp³-hybridized carbons (Fsp3) is 0.312. The van der Waals surface area contributed by atoms with Crippen LogP contribution in [0.1, 0.15) is 18.4 Å². The molecule has 0 radical (unpaired) electrons. The molecule has 1 aliphatic rings. The molecule has 0 saturated carbocycles. The summed E-state index contributed by atoms with van der Waals surface area (Å²) in [6, 6.07) is 5.32. The van der Waals surface area contributed by atoms with Gasteiger partial charge in [-0.05, 0) is 24.6 Å². The minimum absolute atomic E-state index is 0.00239. The number of benzene rings is 1. The van der Waals surface area contributed by atoms with Crippen molar-refractivity contribution in [3.8, 4) is 11.5 Å². The zero-order valence-corrected chi connectivity index (χ0v) is 14.9. The number of carbonyl (C=O) groups is 2. The summed E-state index contributed by atoms with van der Waals surface area (Å²) in [7, 11) is 3.11. The van der Waals surface area contributed by atoms with Gasteiger partial charge in [0.15, 0.2) is 0 Å². The van der Waals surface area contributed by atoms with Crippen LogP contribution < -0.4 is 9.47 Å². The predicted molar refractivity (Wildman–Crippen MR) is 96.3 cm³/mol. The lowest BCUT2D eigenvalue weighted by Gasteiger charge is -2.13. The Labute approximate surface area is 149 Å². The molecule has 0 bridgehead atoms. The van der Waals surface area contributed by atoms with E-state index in [9.17, 15) is 9.59 Å². The van der Waals surface area contributed by atoms with E-state index < -0.39 is 5.97 Å². The quantitative estimate of drug-likeness (QED) is 0.586. The lowest BCUT2D eigenvalue weighted by atomic mass is 10.1. The van der Waals surface area contributed by atoms with E-state index in [0.717, 1.165) is 5.56 Å². The second-order valence-electron chi connectivity index (χ2n) is 4.94.